The first kappa shape index (κ1) is 18.3. The van der Waals surface area contributed by atoms with Crippen LogP contribution < -0.4 is 5.73 Å². The number of carbonyl (C=O) groups excluding carboxylic acids is 1. The molecule has 3 rings (SSSR count). The summed E-state index contributed by atoms with van der Waals surface area (Å²) in [5.41, 5.74) is 8.08. The van der Waals surface area contributed by atoms with Crippen LogP contribution in [0.2, 0.25) is 10.0 Å². The summed E-state index contributed by atoms with van der Waals surface area (Å²) in [5.74, 6) is 0.314. The lowest BCUT2D eigenvalue weighted by molar-refractivity contribution is -0.126. The zero-order valence-corrected chi connectivity index (χ0v) is 15.8. The largest absolute Gasteiger partial charge is 0.384 e. The molecule has 0 saturated heterocycles. The van der Waals surface area contributed by atoms with E-state index in [1.165, 1.54) is 6.08 Å². The van der Waals surface area contributed by atoms with Crippen molar-refractivity contribution in [1.29, 1.82) is 0 Å². The van der Waals surface area contributed by atoms with Gasteiger partial charge in [0.2, 0.25) is 5.91 Å². The Balaban J connectivity index is 1.78. The fourth-order valence-electron chi connectivity index (χ4n) is 2.61. The molecule has 1 aromatic carbocycles. The van der Waals surface area contributed by atoms with E-state index in [9.17, 15) is 4.79 Å². The van der Waals surface area contributed by atoms with E-state index in [0.29, 0.717) is 15.9 Å². The highest BCUT2D eigenvalue weighted by molar-refractivity contribution is 6.38. The van der Waals surface area contributed by atoms with Gasteiger partial charge in [-0.05, 0) is 48.9 Å². The van der Waals surface area contributed by atoms with Gasteiger partial charge in [-0.3, -0.25) is 4.79 Å². The highest BCUT2D eigenvalue weighted by Gasteiger charge is 2.18. The summed E-state index contributed by atoms with van der Waals surface area (Å²) in [6.45, 7) is 1.94. The minimum Gasteiger partial charge on any atom is -0.384 e. The monoisotopic (exact) mass is 388 g/mol. The highest BCUT2D eigenvalue weighted by atomic mass is 35.5. The zero-order valence-electron chi connectivity index (χ0n) is 14.3. The summed E-state index contributed by atoms with van der Waals surface area (Å²) in [4.78, 5) is 21.4. The Morgan fingerprint density at radius 1 is 1.31 bits per heavy atom. The molecule has 1 atom stereocenters. The van der Waals surface area contributed by atoms with Crippen LogP contribution in [0.5, 0.6) is 0 Å². The molecule has 3 aromatic rings. The van der Waals surface area contributed by atoms with Crippen molar-refractivity contribution < 1.29 is 4.79 Å². The average molecular weight is 389 g/mol. The molecule has 0 aliphatic rings. The molecule has 2 aromatic heterocycles. The maximum absolute atomic E-state index is 12.5. The fraction of sp³-hybridized carbons (Fsp3) is 0.158. The number of nitrogens with two attached hydrogens (primary N) is 1. The van der Waals surface area contributed by atoms with Gasteiger partial charge in [0.15, 0.2) is 0 Å². The standard InChI is InChI=1S/C19H18Cl2N4O/c1-11(16-9-14-15(21)7-13(20)8-17(14)24-16)25(2)19(26)6-4-12-3-5-18(22)23-10-12/h3-11,24H,1-2H3,(H2,22,23)/b6-4+. The van der Waals surface area contributed by atoms with Gasteiger partial charge in [0, 0.05) is 40.9 Å². The van der Waals surface area contributed by atoms with Gasteiger partial charge in [-0.1, -0.05) is 23.2 Å². The Hall–Kier alpha value is -2.50. The average Bonchev–Trinajstić information content (AvgIpc) is 3.04. The molecule has 0 radical (unpaired) electrons. The Kier molecular flexibility index (Phi) is 5.20. The van der Waals surface area contributed by atoms with E-state index in [2.05, 4.69) is 9.97 Å². The van der Waals surface area contributed by atoms with E-state index in [0.717, 1.165) is 22.2 Å². The van der Waals surface area contributed by atoms with Crippen molar-refractivity contribution in [2.45, 2.75) is 13.0 Å². The number of aromatic amines is 1. The lowest BCUT2D eigenvalue weighted by atomic mass is 10.2. The molecule has 0 aliphatic carbocycles. The van der Waals surface area contributed by atoms with Crippen molar-refractivity contribution in [2.24, 2.45) is 0 Å². The minimum absolute atomic E-state index is 0.128. The van der Waals surface area contributed by atoms with E-state index in [1.54, 1.807) is 42.4 Å². The minimum atomic E-state index is -0.168. The number of halogens is 2. The van der Waals surface area contributed by atoms with Gasteiger partial charge in [0.25, 0.3) is 0 Å². The lowest BCUT2D eigenvalue weighted by Crippen LogP contribution is -2.28. The Morgan fingerprint density at radius 2 is 2.08 bits per heavy atom. The molecular weight excluding hydrogens is 371 g/mol. The van der Waals surface area contributed by atoms with Crippen molar-refractivity contribution in [2.75, 3.05) is 12.8 Å². The molecule has 26 heavy (non-hydrogen) atoms. The molecule has 5 nitrogen and oxygen atoms in total. The molecule has 2 heterocycles. The van der Waals surface area contributed by atoms with Crippen molar-refractivity contribution >= 4 is 51.9 Å². The topological polar surface area (TPSA) is 75.0 Å². The van der Waals surface area contributed by atoms with Gasteiger partial charge >= 0.3 is 0 Å². The number of anilines is 1. The number of pyridine rings is 1. The number of nitrogens with zero attached hydrogens (tertiary/aromatic N) is 2. The van der Waals surface area contributed by atoms with Crippen molar-refractivity contribution in [3.05, 3.63) is 63.9 Å². The Labute approximate surface area is 161 Å². The van der Waals surface area contributed by atoms with Gasteiger partial charge < -0.3 is 15.6 Å². The molecule has 1 unspecified atom stereocenters. The van der Waals surface area contributed by atoms with Crippen LogP contribution in [0.25, 0.3) is 17.0 Å². The molecule has 0 fully saturated rings. The predicted octanol–water partition coefficient (Wildman–Crippen LogP) is 4.68. The summed E-state index contributed by atoms with van der Waals surface area (Å²) < 4.78 is 0. The summed E-state index contributed by atoms with van der Waals surface area (Å²) in [7, 11) is 1.75. The molecule has 0 spiro atoms. The quantitative estimate of drug-likeness (QED) is 0.636. The first-order valence-corrected chi connectivity index (χ1v) is 8.75. The van der Waals surface area contributed by atoms with Crippen molar-refractivity contribution in [3.8, 4) is 0 Å². The number of carbonyl (C=O) groups is 1. The van der Waals surface area contributed by atoms with Gasteiger partial charge in [-0.2, -0.15) is 0 Å². The van der Waals surface area contributed by atoms with E-state index < -0.39 is 0 Å². The van der Waals surface area contributed by atoms with E-state index >= 15 is 0 Å². The van der Waals surface area contributed by atoms with E-state index in [-0.39, 0.29) is 11.9 Å². The van der Waals surface area contributed by atoms with Crippen LogP contribution >= 0.6 is 23.2 Å². The molecule has 134 valence electrons. The van der Waals surface area contributed by atoms with Crippen LogP contribution in [0, 0.1) is 0 Å². The highest BCUT2D eigenvalue weighted by Crippen LogP contribution is 2.31. The zero-order chi connectivity index (χ0) is 18.8. The number of rotatable bonds is 4. The van der Waals surface area contributed by atoms with E-state index in [4.69, 9.17) is 28.9 Å². The SMILES string of the molecule is CC(c1cc2c(Cl)cc(Cl)cc2[nH]1)N(C)C(=O)/C=C/c1ccc(N)nc1. The normalized spacial score (nSPS) is 12.6. The summed E-state index contributed by atoms with van der Waals surface area (Å²) in [6, 6.07) is 8.78. The summed E-state index contributed by atoms with van der Waals surface area (Å²) in [6.07, 6.45) is 4.84. The van der Waals surface area contributed by atoms with Gasteiger partial charge in [0.1, 0.15) is 5.82 Å². The molecule has 0 saturated carbocycles. The first-order valence-electron chi connectivity index (χ1n) is 7.99. The van der Waals surface area contributed by atoms with Crippen LogP contribution in [0.1, 0.15) is 24.2 Å². The molecular formula is C19H18Cl2N4O. The maximum Gasteiger partial charge on any atom is 0.246 e. The number of fused-ring (bicyclic) bond motifs is 1. The van der Waals surface area contributed by atoms with Crippen LogP contribution in [-0.2, 0) is 4.79 Å². The molecule has 0 aliphatic heterocycles. The first-order chi connectivity index (χ1) is 12.3. The number of benzene rings is 1. The number of H-pyrrole nitrogens is 1. The third-order valence-electron chi connectivity index (χ3n) is 4.28. The number of nitrogens with one attached hydrogen (secondary N) is 1. The number of amides is 1. The number of hydrogen-bond acceptors (Lipinski definition) is 3. The number of aromatic nitrogens is 2. The van der Waals surface area contributed by atoms with Crippen LogP contribution in [0.15, 0.2) is 42.6 Å². The van der Waals surface area contributed by atoms with Gasteiger partial charge in [-0.25, -0.2) is 4.98 Å². The number of likely N-dealkylation sites (N-methyl/N-ethyl adjacent to an activating group) is 1. The maximum atomic E-state index is 12.5. The lowest BCUT2D eigenvalue weighted by Gasteiger charge is -2.22. The number of nitrogen functional groups attached to an aromatic ring is 1. The van der Waals surface area contributed by atoms with Crippen LogP contribution in [0.3, 0.4) is 0 Å². The second-order valence-corrected chi connectivity index (χ2v) is 6.89. The molecule has 7 heteroatoms. The molecule has 0 bridgehead atoms. The number of hydrogen-bond donors (Lipinski definition) is 2. The summed E-state index contributed by atoms with van der Waals surface area (Å²) in [5, 5.41) is 2.02. The van der Waals surface area contributed by atoms with Gasteiger partial charge in [0.05, 0.1) is 11.1 Å². The Morgan fingerprint density at radius 3 is 2.77 bits per heavy atom. The molecule has 1 amide bonds. The second kappa shape index (κ2) is 7.40. The third kappa shape index (κ3) is 3.84. The summed E-state index contributed by atoms with van der Waals surface area (Å²) >= 11 is 12.3. The predicted molar refractivity (Wildman–Crippen MR) is 107 cm³/mol. The molecule has 3 N–H and O–H groups in total. The third-order valence-corrected chi connectivity index (χ3v) is 4.81. The van der Waals surface area contributed by atoms with Crippen molar-refractivity contribution in [3.63, 3.8) is 0 Å². The Bertz CT molecular complexity index is 979. The fourth-order valence-corrected chi connectivity index (χ4v) is 3.15. The second-order valence-electron chi connectivity index (χ2n) is 6.05. The van der Waals surface area contributed by atoms with Crippen molar-refractivity contribution in [1.82, 2.24) is 14.9 Å². The van der Waals surface area contributed by atoms with Crippen LogP contribution in [-0.4, -0.2) is 27.8 Å². The van der Waals surface area contributed by atoms with Gasteiger partial charge in [-0.15, -0.1) is 0 Å². The van der Waals surface area contributed by atoms with E-state index in [1.807, 2.05) is 19.1 Å². The smallest absolute Gasteiger partial charge is 0.246 e. The van der Waals surface area contributed by atoms with Crippen LogP contribution in [0.4, 0.5) is 5.82 Å².